The monoisotopic (exact) mass is 174 g/mol. The standard InChI is InChI=1S/C12H14O/c13-11-4-2-1-3-10-8-5-6-9(7-8)12(10)11/h2,4-6,8-10,12H,1,3,7H2/t8-,9+,10-,12-/m1/s1. The summed E-state index contributed by atoms with van der Waals surface area (Å²) in [5, 5.41) is 0. The highest BCUT2D eigenvalue weighted by atomic mass is 16.1. The maximum Gasteiger partial charge on any atom is 0.159 e. The van der Waals surface area contributed by atoms with Crippen LogP contribution in [0.4, 0.5) is 0 Å². The molecular weight excluding hydrogens is 160 g/mol. The van der Waals surface area contributed by atoms with Gasteiger partial charge in [0.25, 0.3) is 0 Å². The van der Waals surface area contributed by atoms with E-state index in [1.807, 2.05) is 6.08 Å². The normalized spacial score (nSPS) is 46.6. The largest absolute Gasteiger partial charge is 0.295 e. The molecule has 0 amide bonds. The third-order valence-corrected chi connectivity index (χ3v) is 3.90. The first kappa shape index (κ1) is 7.54. The highest BCUT2D eigenvalue weighted by Crippen LogP contribution is 2.50. The zero-order valence-corrected chi connectivity index (χ0v) is 7.65. The molecule has 1 nitrogen and oxygen atoms in total. The Labute approximate surface area is 78.5 Å². The number of rotatable bonds is 0. The molecule has 0 aromatic carbocycles. The minimum Gasteiger partial charge on any atom is -0.295 e. The van der Waals surface area contributed by atoms with Crippen LogP contribution >= 0.6 is 0 Å². The number of allylic oxidation sites excluding steroid dienone is 4. The minimum atomic E-state index is 0.341. The molecule has 0 aliphatic heterocycles. The zero-order valence-electron chi connectivity index (χ0n) is 7.65. The van der Waals surface area contributed by atoms with E-state index in [1.165, 1.54) is 12.8 Å². The highest BCUT2D eigenvalue weighted by Gasteiger charge is 2.46. The predicted octanol–water partition coefficient (Wildman–Crippen LogP) is 2.34. The van der Waals surface area contributed by atoms with Crippen LogP contribution in [0.2, 0.25) is 0 Å². The summed E-state index contributed by atoms with van der Waals surface area (Å²) in [6.45, 7) is 0. The molecule has 1 saturated carbocycles. The molecule has 0 saturated heterocycles. The summed E-state index contributed by atoms with van der Waals surface area (Å²) < 4.78 is 0. The molecule has 0 N–H and O–H groups in total. The van der Waals surface area contributed by atoms with E-state index in [9.17, 15) is 4.79 Å². The maximum absolute atomic E-state index is 11.8. The van der Waals surface area contributed by atoms with Crippen molar-refractivity contribution in [1.82, 2.24) is 0 Å². The van der Waals surface area contributed by atoms with Crippen molar-refractivity contribution in [3.63, 3.8) is 0 Å². The van der Waals surface area contributed by atoms with E-state index < -0.39 is 0 Å². The van der Waals surface area contributed by atoms with Crippen LogP contribution in [0.25, 0.3) is 0 Å². The van der Waals surface area contributed by atoms with Crippen molar-refractivity contribution in [2.45, 2.75) is 19.3 Å². The summed E-state index contributed by atoms with van der Waals surface area (Å²) in [4.78, 5) is 11.8. The van der Waals surface area contributed by atoms with Gasteiger partial charge >= 0.3 is 0 Å². The molecule has 0 heterocycles. The average molecular weight is 174 g/mol. The molecular formula is C12H14O. The van der Waals surface area contributed by atoms with Crippen LogP contribution in [0.15, 0.2) is 24.3 Å². The van der Waals surface area contributed by atoms with E-state index in [-0.39, 0.29) is 0 Å². The quantitative estimate of drug-likeness (QED) is 0.515. The molecule has 1 fully saturated rings. The number of hydrogen-bond acceptors (Lipinski definition) is 1. The molecule has 0 aromatic rings. The van der Waals surface area contributed by atoms with Crippen molar-refractivity contribution in [2.24, 2.45) is 23.7 Å². The first-order chi connectivity index (χ1) is 6.36. The van der Waals surface area contributed by atoms with Gasteiger partial charge in [-0.2, -0.15) is 0 Å². The molecule has 1 heteroatoms. The second-order valence-electron chi connectivity index (χ2n) is 4.52. The molecule has 13 heavy (non-hydrogen) atoms. The van der Waals surface area contributed by atoms with Crippen molar-refractivity contribution in [1.29, 1.82) is 0 Å². The Morgan fingerprint density at radius 2 is 2.08 bits per heavy atom. The van der Waals surface area contributed by atoms with Crippen molar-refractivity contribution in [2.75, 3.05) is 0 Å². The molecule has 3 aliphatic rings. The topological polar surface area (TPSA) is 17.1 Å². The lowest BCUT2D eigenvalue weighted by molar-refractivity contribution is -0.120. The van der Waals surface area contributed by atoms with Crippen LogP contribution in [-0.2, 0) is 4.79 Å². The van der Waals surface area contributed by atoms with E-state index in [0.717, 1.165) is 12.3 Å². The van der Waals surface area contributed by atoms with Crippen LogP contribution in [-0.4, -0.2) is 5.78 Å². The lowest BCUT2D eigenvalue weighted by Gasteiger charge is -2.24. The van der Waals surface area contributed by atoms with Gasteiger partial charge in [-0.25, -0.2) is 0 Å². The molecule has 68 valence electrons. The molecule has 2 bridgehead atoms. The molecule has 4 atom stereocenters. The van der Waals surface area contributed by atoms with Crippen molar-refractivity contribution < 1.29 is 4.79 Å². The summed E-state index contributed by atoms with van der Waals surface area (Å²) in [5.74, 6) is 2.69. The summed E-state index contributed by atoms with van der Waals surface area (Å²) in [7, 11) is 0. The number of carbonyl (C=O) groups excluding carboxylic acids is 1. The predicted molar refractivity (Wildman–Crippen MR) is 51.1 cm³/mol. The number of carbonyl (C=O) groups is 1. The molecule has 3 rings (SSSR count). The van der Waals surface area contributed by atoms with E-state index in [1.54, 1.807) is 0 Å². The van der Waals surface area contributed by atoms with Gasteiger partial charge < -0.3 is 0 Å². The van der Waals surface area contributed by atoms with Gasteiger partial charge in [0.2, 0.25) is 0 Å². The molecule has 0 spiro atoms. The van der Waals surface area contributed by atoms with E-state index in [0.29, 0.717) is 23.5 Å². The Bertz CT molecular complexity index is 300. The Hall–Kier alpha value is -0.850. The lowest BCUT2D eigenvalue weighted by atomic mass is 9.79. The fourth-order valence-corrected chi connectivity index (χ4v) is 3.34. The smallest absolute Gasteiger partial charge is 0.159 e. The first-order valence-corrected chi connectivity index (χ1v) is 5.25. The lowest BCUT2D eigenvalue weighted by Crippen LogP contribution is -2.25. The van der Waals surface area contributed by atoms with E-state index in [2.05, 4.69) is 18.2 Å². The number of ketones is 1. The van der Waals surface area contributed by atoms with Gasteiger partial charge in [0.15, 0.2) is 5.78 Å². The second kappa shape index (κ2) is 2.57. The van der Waals surface area contributed by atoms with Crippen molar-refractivity contribution in [3.8, 4) is 0 Å². The first-order valence-electron chi connectivity index (χ1n) is 5.25. The van der Waals surface area contributed by atoms with E-state index >= 15 is 0 Å². The number of hydrogen-bond donors (Lipinski definition) is 0. The Morgan fingerprint density at radius 1 is 1.23 bits per heavy atom. The number of fused-ring (bicyclic) bond motifs is 5. The van der Waals surface area contributed by atoms with Crippen molar-refractivity contribution >= 4 is 5.78 Å². The fraction of sp³-hybridized carbons (Fsp3) is 0.583. The zero-order chi connectivity index (χ0) is 8.84. The van der Waals surface area contributed by atoms with Gasteiger partial charge in [0.05, 0.1) is 0 Å². The Balaban J connectivity index is 1.98. The van der Waals surface area contributed by atoms with Crippen LogP contribution in [0.3, 0.4) is 0 Å². The molecule has 0 aromatic heterocycles. The van der Waals surface area contributed by atoms with Gasteiger partial charge in [-0.15, -0.1) is 0 Å². The highest BCUT2D eigenvalue weighted by molar-refractivity contribution is 5.93. The maximum atomic E-state index is 11.8. The minimum absolute atomic E-state index is 0.341. The molecule has 0 radical (unpaired) electrons. The van der Waals surface area contributed by atoms with Gasteiger partial charge in [0.1, 0.15) is 0 Å². The molecule has 3 aliphatic carbocycles. The fourth-order valence-electron chi connectivity index (χ4n) is 3.34. The van der Waals surface area contributed by atoms with Crippen LogP contribution in [0.1, 0.15) is 19.3 Å². The Morgan fingerprint density at radius 3 is 3.00 bits per heavy atom. The van der Waals surface area contributed by atoms with Crippen LogP contribution in [0.5, 0.6) is 0 Å². The van der Waals surface area contributed by atoms with Gasteiger partial charge in [-0.05, 0) is 43.1 Å². The van der Waals surface area contributed by atoms with Crippen LogP contribution < -0.4 is 0 Å². The molecule has 0 unspecified atom stereocenters. The van der Waals surface area contributed by atoms with E-state index in [4.69, 9.17) is 0 Å². The third-order valence-electron chi connectivity index (χ3n) is 3.90. The van der Waals surface area contributed by atoms with Crippen LogP contribution in [0, 0.1) is 23.7 Å². The van der Waals surface area contributed by atoms with Gasteiger partial charge in [0, 0.05) is 5.92 Å². The van der Waals surface area contributed by atoms with Gasteiger partial charge in [-0.3, -0.25) is 4.79 Å². The average Bonchev–Trinajstić information content (AvgIpc) is 2.66. The van der Waals surface area contributed by atoms with Crippen molar-refractivity contribution in [3.05, 3.63) is 24.3 Å². The second-order valence-corrected chi connectivity index (χ2v) is 4.52. The third kappa shape index (κ3) is 0.962. The SMILES string of the molecule is O=C1C=CCC[C@H]2[C@H]1[C@H]1C=C[C@@H]2C1. The summed E-state index contributed by atoms with van der Waals surface area (Å²) in [6.07, 6.45) is 12.0. The summed E-state index contributed by atoms with van der Waals surface area (Å²) in [5.41, 5.74) is 0. The summed E-state index contributed by atoms with van der Waals surface area (Å²) in [6, 6.07) is 0. The Kier molecular flexibility index (Phi) is 1.49. The van der Waals surface area contributed by atoms with Gasteiger partial charge in [-0.1, -0.05) is 18.2 Å². The summed E-state index contributed by atoms with van der Waals surface area (Å²) >= 11 is 0.